The van der Waals surface area contributed by atoms with Crippen LogP contribution in [0.2, 0.25) is 0 Å². The van der Waals surface area contributed by atoms with E-state index in [2.05, 4.69) is 0 Å². The average Bonchev–Trinajstić information content (AvgIpc) is 2.95. The van der Waals surface area contributed by atoms with Gasteiger partial charge in [-0.2, -0.15) is 0 Å². The Kier molecular flexibility index (Phi) is 8.33. The third-order valence-corrected chi connectivity index (χ3v) is 8.26. The highest BCUT2D eigenvalue weighted by atomic mass is 16.6. The maximum absolute atomic E-state index is 13.8. The first-order valence-electron chi connectivity index (χ1n) is 14.3. The topological polar surface area (TPSA) is 87.2 Å². The van der Waals surface area contributed by atoms with Crippen molar-refractivity contribution in [1.29, 1.82) is 0 Å². The van der Waals surface area contributed by atoms with Gasteiger partial charge in [0.15, 0.2) is 5.78 Å². The number of hydrogen-bond acceptors (Lipinski definition) is 5. The summed E-state index contributed by atoms with van der Waals surface area (Å²) < 4.78 is 5.77. The highest BCUT2D eigenvalue weighted by Crippen LogP contribution is 2.35. The Labute approximate surface area is 235 Å². The van der Waals surface area contributed by atoms with Gasteiger partial charge >= 0.3 is 6.09 Å². The molecule has 1 saturated heterocycles. The maximum Gasteiger partial charge on any atom is 0.420 e. The fourth-order valence-corrected chi connectivity index (χ4v) is 6.00. The number of rotatable bonds is 7. The van der Waals surface area contributed by atoms with Gasteiger partial charge in [-0.15, -0.1) is 0 Å². The standard InChI is InChI=1S/C32H37N3O5/c1-22-19-26(23(2)36)13-14-28(22)40-32(39)34-18-16-30(37)35-27(20-25-11-7-4-8-12-25)31(38)33(21-29(34)35)17-15-24-9-5-3-6-10-24/h3,5-6,9-10,13-14,19,21,25,27H,4,7-8,11-12,15-18,20H2,1-2H3/t27-/m0/s1. The SMILES string of the molecule is CC(=O)c1ccc(OC(=O)N2CCC(=O)N3C2=CN(CCc2ccccc2)C(=O)[C@@H]3CC2CCCCC2)c(C)c1. The molecule has 1 saturated carbocycles. The van der Waals surface area contributed by atoms with Gasteiger partial charge in [-0.05, 0) is 61.9 Å². The lowest BCUT2D eigenvalue weighted by molar-refractivity contribution is -0.149. The highest BCUT2D eigenvalue weighted by molar-refractivity contribution is 5.95. The molecule has 40 heavy (non-hydrogen) atoms. The van der Waals surface area contributed by atoms with E-state index in [1.807, 2.05) is 30.3 Å². The summed E-state index contributed by atoms with van der Waals surface area (Å²) in [6.45, 7) is 3.89. The number of aryl methyl sites for hydroxylation is 1. The van der Waals surface area contributed by atoms with Crippen LogP contribution in [0.4, 0.5) is 4.79 Å². The summed E-state index contributed by atoms with van der Waals surface area (Å²) in [6.07, 6.45) is 7.99. The van der Waals surface area contributed by atoms with Gasteiger partial charge in [0.25, 0.3) is 0 Å². The van der Waals surface area contributed by atoms with E-state index in [4.69, 9.17) is 4.74 Å². The lowest BCUT2D eigenvalue weighted by Gasteiger charge is -2.46. The second-order valence-corrected chi connectivity index (χ2v) is 11.1. The monoisotopic (exact) mass is 543 g/mol. The molecule has 8 nitrogen and oxygen atoms in total. The Morgan fingerprint density at radius 1 is 1.00 bits per heavy atom. The number of amides is 3. The van der Waals surface area contributed by atoms with Crippen molar-refractivity contribution < 1.29 is 23.9 Å². The molecule has 5 rings (SSSR count). The Morgan fingerprint density at radius 3 is 2.45 bits per heavy atom. The van der Waals surface area contributed by atoms with Gasteiger partial charge in [0.05, 0.1) is 0 Å². The predicted molar refractivity (Wildman–Crippen MR) is 150 cm³/mol. The molecule has 0 radical (unpaired) electrons. The summed E-state index contributed by atoms with van der Waals surface area (Å²) in [4.78, 5) is 57.1. The van der Waals surface area contributed by atoms with Crippen molar-refractivity contribution in [2.24, 2.45) is 5.92 Å². The summed E-state index contributed by atoms with van der Waals surface area (Å²) in [5, 5.41) is 0. The predicted octanol–water partition coefficient (Wildman–Crippen LogP) is 5.45. The Bertz CT molecular complexity index is 1320. The smallest absolute Gasteiger partial charge is 0.410 e. The fraction of sp³-hybridized carbons (Fsp3) is 0.438. The van der Waals surface area contributed by atoms with Crippen molar-refractivity contribution in [2.75, 3.05) is 13.1 Å². The number of ether oxygens (including phenoxy) is 1. The van der Waals surface area contributed by atoms with E-state index in [0.717, 1.165) is 31.2 Å². The first-order chi connectivity index (χ1) is 19.3. The summed E-state index contributed by atoms with van der Waals surface area (Å²) in [5.41, 5.74) is 2.32. The molecule has 210 valence electrons. The minimum Gasteiger partial charge on any atom is -0.410 e. The van der Waals surface area contributed by atoms with Crippen molar-refractivity contribution in [3.63, 3.8) is 0 Å². The number of nitrogens with zero attached hydrogens (tertiary/aromatic N) is 3. The number of fused-ring (bicyclic) bond motifs is 1. The molecule has 2 aliphatic heterocycles. The minimum absolute atomic E-state index is 0.0669. The molecule has 1 atom stereocenters. The molecule has 0 spiro atoms. The number of Topliss-reactive ketones (excluding diaryl/α,β-unsaturated/α-hetero) is 1. The van der Waals surface area contributed by atoms with Crippen LogP contribution in [0.15, 0.2) is 60.6 Å². The van der Waals surface area contributed by atoms with Crippen LogP contribution in [0.25, 0.3) is 0 Å². The van der Waals surface area contributed by atoms with Crippen LogP contribution in [0.3, 0.4) is 0 Å². The van der Waals surface area contributed by atoms with Gasteiger partial charge in [0.1, 0.15) is 17.6 Å². The summed E-state index contributed by atoms with van der Waals surface area (Å²) in [7, 11) is 0. The molecule has 3 amide bonds. The molecule has 0 N–H and O–H groups in total. The lowest BCUT2D eigenvalue weighted by Crippen LogP contribution is -2.60. The average molecular weight is 544 g/mol. The molecular formula is C32H37N3O5. The molecule has 3 aliphatic rings. The molecule has 1 aliphatic carbocycles. The largest absolute Gasteiger partial charge is 0.420 e. The Morgan fingerprint density at radius 2 is 1.75 bits per heavy atom. The molecule has 2 heterocycles. The van der Waals surface area contributed by atoms with E-state index in [0.29, 0.717) is 48.0 Å². The third-order valence-electron chi connectivity index (χ3n) is 8.26. The van der Waals surface area contributed by atoms with Crippen LogP contribution in [0.1, 0.15) is 73.4 Å². The van der Waals surface area contributed by atoms with Gasteiger partial charge in [-0.3, -0.25) is 24.2 Å². The minimum atomic E-state index is -0.640. The van der Waals surface area contributed by atoms with E-state index in [1.165, 1.54) is 18.2 Å². The number of ketones is 1. The van der Waals surface area contributed by atoms with Gasteiger partial charge in [0, 0.05) is 31.3 Å². The van der Waals surface area contributed by atoms with Crippen LogP contribution in [-0.2, 0) is 16.0 Å². The highest BCUT2D eigenvalue weighted by Gasteiger charge is 2.45. The fourth-order valence-electron chi connectivity index (χ4n) is 6.00. The van der Waals surface area contributed by atoms with E-state index >= 15 is 0 Å². The zero-order chi connectivity index (χ0) is 28.2. The number of hydrogen-bond donors (Lipinski definition) is 0. The van der Waals surface area contributed by atoms with Crippen LogP contribution < -0.4 is 4.74 Å². The van der Waals surface area contributed by atoms with Crippen molar-refractivity contribution in [3.8, 4) is 5.75 Å². The first-order valence-corrected chi connectivity index (χ1v) is 14.3. The normalized spacial score (nSPS) is 19.8. The summed E-state index contributed by atoms with van der Waals surface area (Å²) >= 11 is 0. The summed E-state index contributed by atoms with van der Waals surface area (Å²) in [5.74, 6) is 0.815. The second-order valence-electron chi connectivity index (χ2n) is 11.1. The van der Waals surface area contributed by atoms with Gasteiger partial charge in [0.2, 0.25) is 11.8 Å². The van der Waals surface area contributed by atoms with Gasteiger partial charge < -0.3 is 9.64 Å². The molecule has 2 aromatic carbocycles. The van der Waals surface area contributed by atoms with E-state index in [9.17, 15) is 19.2 Å². The Hall–Kier alpha value is -3.94. The molecular weight excluding hydrogens is 506 g/mol. The van der Waals surface area contributed by atoms with E-state index in [-0.39, 0.29) is 30.6 Å². The zero-order valence-corrected chi connectivity index (χ0v) is 23.3. The third kappa shape index (κ3) is 5.96. The number of carbonyl (C=O) groups is 4. The van der Waals surface area contributed by atoms with Crippen LogP contribution in [0, 0.1) is 12.8 Å². The van der Waals surface area contributed by atoms with E-state index < -0.39 is 12.1 Å². The van der Waals surface area contributed by atoms with Crippen molar-refractivity contribution in [1.82, 2.24) is 14.7 Å². The number of carbonyl (C=O) groups excluding carboxylic acids is 4. The Balaban J connectivity index is 1.43. The second kappa shape index (κ2) is 12.1. The molecule has 2 aromatic rings. The first kappa shape index (κ1) is 27.6. The van der Waals surface area contributed by atoms with Crippen molar-refractivity contribution in [3.05, 3.63) is 77.2 Å². The van der Waals surface area contributed by atoms with Gasteiger partial charge in [-0.25, -0.2) is 4.79 Å². The maximum atomic E-state index is 13.8. The molecule has 0 unspecified atom stereocenters. The van der Waals surface area contributed by atoms with E-state index in [1.54, 1.807) is 41.1 Å². The lowest BCUT2D eigenvalue weighted by atomic mass is 9.83. The molecule has 0 aromatic heterocycles. The quantitative estimate of drug-likeness (QED) is 0.433. The van der Waals surface area contributed by atoms with Gasteiger partial charge in [-0.1, -0.05) is 62.4 Å². The van der Waals surface area contributed by atoms with Crippen LogP contribution in [0.5, 0.6) is 5.75 Å². The summed E-state index contributed by atoms with van der Waals surface area (Å²) in [6, 6.07) is 14.3. The van der Waals surface area contributed by atoms with Crippen LogP contribution in [-0.4, -0.2) is 57.5 Å². The van der Waals surface area contributed by atoms with Crippen LogP contribution >= 0.6 is 0 Å². The number of benzene rings is 2. The molecule has 0 bridgehead atoms. The van der Waals surface area contributed by atoms with Crippen molar-refractivity contribution in [2.45, 2.75) is 71.3 Å². The molecule has 2 fully saturated rings. The zero-order valence-electron chi connectivity index (χ0n) is 23.3. The molecule has 8 heteroatoms. The van der Waals surface area contributed by atoms with Crippen molar-refractivity contribution >= 4 is 23.7 Å².